The second-order valence-corrected chi connectivity index (χ2v) is 6.02. The SMILES string of the molecule is NC(=O)c1cc(CC2COCCN(C(=O)c3ccccc3)C2)ncn1. The molecule has 1 aromatic heterocycles. The van der Waals surface area contributed by atoms with Gasteiger partial charge >= 0.3 is 0 Å². The predicted octanol–water partition coefficient (Wildman–Crippen LogP) is 0.907. The van der Waals surface area contributed by atoms with E-state index in [0.717, 1.165) is 0 Å². The van der Waals surface area contributed by atoms with Gasteiger partial charge in [0.25, 0.3) is 11.8 Å². The maximum atomic E-state index is 12.7. The molecule has 1 unspecified atom stereocenters. The van der Waals surface area contributed by atoms with Crippen LogP contribution in [0, 0.1) is 5.92 Å². The van der Waals surface area contributed by atoms with Gasteiger partial charge in [0.2, 0.25) is 0 Å². The molecule has 25 heavy (non-hydrogen) atoms. The van der Waals surface area contributed by atoms with E-state index in [2.05, 4.69) is 9.97 Å². The number of aromatic nitrogens is 2. The highest BCUT2D eigenvalue weighted by atomic mass is 16.5. The van der Waals surface area contributed by atoms with Crippen LogP contribution >= 0.6 is 0 Å². The Morgan fingerprint density at radius 3 is 2.80 bits per heavy atom. The third-order valence-electron chi connectivity index (χ3n) is 4.12. The molecule has 0 saturated carbocycles. The lowest BCUT2D eigenvalue weighted by molar-refractivity contribution is 0.0737. The van der Waals surface area contributed by atoms with E-state index in [1.807, 2.05) is 35.2 Å². The predicted molar refractivity (Wildman–Crippen MR) is 90.9 cm³/mol. The fourth-order valence-corrected chi connectivity index (χ4v) is 2.89. The second-order valence-electron chi connectivity index (χ2n) is 6.02. The molecule has 0 spiro atoms. The molecule has 1 atom stereocenters. The Morgan fingerprint density at radius 2 is 2.04 bits per heavy atom. The van der Waals surface area contributed by atoms with Gasteiger partial charge in [-0.25, -0.2) is 9.97 Å². The number of carbonyl (C=O) groups excluding carboxylic acids is 2. The van der Waals surface area contributed by atoms with Crippen LogP contribution in [0.15, 0.2) is 42.7 Å². The smallest absolute Gasteiger partial charge is 0.267 e. The van der Waals surface area contributed by atoms with E-state index in [9.17, 15) is 9.59 Å². The quantitative estimate of drug-likeness (QED) is 0.892. The van der Waals surface area contributed by atoms with Gasteiger partial charge in [-0.3, -0.25) is 9.59 Å². The van der Waals surface area contributed by atoms with E-state index >= 15 is 0 Å². The maximum Gasteiger partial charge on any atom is 0.267 e. The first-order valence-electron chi connectivity index (χ1n) is 8.16. The van der Waals surface area contributed by atoms with E-state index in [1.54, 1.807) is 6.07 Å². The van der Waals surface area contributed by atoms with E-state index in [-0.39, 0.29) is 17.5 Å². The number of nitrogens with zero attached hydrogens (tertiary/aromatic N) is 3. The van der Waals surface area contributed by atoms with Crippen molar-refractivity contribution in [2.24, 2.45) is 11.7 Å². The Morgan fingerprint density at radius 1 is 1.24 bits per heavy atom. The lowest BCUT2D eigenvalue weighted by Gasteiger charge is -2.23. The van der Waals surface area contributed by atoms with E-state index in [0.29, 0.717) is 44.0 Å². The fraction of sp³-hybridized carbons (Fsp3) is 0.333. The van der Waals surface area contributed by atoms with Crippen molar-refractivity contribution in [3.63, 3.8) is 0 Å². The number of ether oxygens (including phenoxy) is 1. The molecule has 130 valence electrons. The van der Waals surface area contributed by atoms with Gasteiger partial charge in [-0.2, -0.15) is 0 Å². The molecule has 2 amide bonds. The van der Waals surface area contributed by atoms with Crippen LogP contribution < -0.4 is 5.73 Å². The van der Waals surface area contributed by atoms with E-state index in [4.69, 9.17) is 10.5 Å². The number of carbonyl (C=O) groups is 2. The molecule has 1 aliphatic rings. The summed E-state index contributed by atoms with van der Waals surface area (Å²) in [4.78, 5) is 33.8. The summed E-state index contributed by atoms with van der Waals surface area (Å²) in [5.41, 5.74) is 6.83. The maximum absolute atomic E-state index is 12.7. The zero-order valence-corrected chi connectivity index (χ0v) is 13.8. The highest BCUT2D eigenvalue weighted by Crippen LogP contribution is 2.15. The van der Waals surface area contributed by atoms with Gasteiger partial charge in [0.1, 0.15) is 12.0 Å². The first-order chi connectivity index (χ1) is 12.1. The number of benzene rings is 1. The lowest BCUT2D eigenvalue weighted by atomic mass is 10.0. The molecule has 2 N–H and O–H groups in total. The topological polar surface area (TPSA) is 98.4 Å². The Bertz CT molecular complexity index is 751. The van der Waals surface area contributed by atoms with E-state index in [1.165, 1.54) is 6.33 Å². The molecule has 1 saturated heterocycles. The summed E-state index contributed by atoms with van der Waals surface area (Å²) in [6.07, 6.45) is 1.92. The van der Waals surface area contributed by atoms with Gasteiger partial charge in [0.15, 0.2) is 0 Å². The number of hydrogen-bond acceptors (Lipinski definition) is 5. The standard InChI is InChI=1S/C18H20N4O3/c19-17(23)16-9-15(20-12-21-16)8-13-10-22(6-7-25-11-13)18(24)14-4-2-1-3-5-14/h1-5,9,12-13H,6-8,10-11H2,(H2,19,23). The molecule has 0 aliphatic carbocycles. The van der Waals surface area contributed by atoms with Crippen LogP contribution in [0.1, 0.15) is 26.5 Å². The van der Waals surface area contributed by atoms with Gasteiger partial charge < -0.3 is 15.4 Å². The summed E-state index contributed by atoms with van der Waals surface area (Å²) in [5.74, 6) is -0.496. The first kappa shape index (κ1) is 17.0. The monoisotopic (exact) mass is 340 g/mol. The fourth-order valence-electron chi connectivity index (χ4n) is 2.89. The van der Waals surface area contributed by atoms with Gasteiger partial charge in [-0.05, 0) is 24.6 Å². The van der Waals surface area contributed by atoms with Crippen LogP contribution in [0.2, 0.25) is 0 Å². The molecule has 1 aliphatic heterocycles. The molecule has 2 aromatic rings. The van der Waals surface area contributed by atoms with Gasteiger partial charge in [-0.1, -0.05) is 18.2 Å². The summed E-state index contributed by atoms with van der Waals surface area (Å²) < 4.78 is 5.64. The van der Waals surface area contributed by atoms with Crippen molar-refractivity contribution in [1.82, 2.24) is 14.9 Å². The van der Waals surface area contributed by atoms with Crippen molar-refractivity contribution in [1.29, 1.82) is 0 Å². The number of primary amides is 1. The third-order valence-corrected chi connectivity index (χ3v) is 4.12. The Balaban J connectivity index is 1.71. The van der Waals surface area contributed by atoms with Gasteiger partial charge in [0.05, 0.1) is 13.2 Å². The summed E-state index contributed by atoms with van der Waals surface area (Å²) in [6.45, 7) is 2.17. The third kappa shape index (κ3) is 4.39. The Hall–Kier alpha value is -2.80. The Labute approximate surface area is 145 Å². The van der Waals surface area contributed by atoms with Crippen molar-refractivity contribution < 1.29 is 14.3 Å². The molecular formula is C18H20N4O3. The minimum absolute atomic E-state index is 0.00314. The number of amides is 2. The van der Waals surface area contributed by atoms with Crippen LogP contribution in [-0.2, 0) is 11.2 Å². The van der Waals surface area contributed by atoms with Crippen LogP contribution in [-0.4, -0.2) is 53.0 Å². The van der Waals surface area contributed by atoms with Crippen molar-refractivity contribution in [2.45, 2.75) is 6.42 Å². The van der Waals surface area contributed by atoms with Crippen LogP contribution in [0.4, 0.5) is 0 Å². The van der Waals surface area contributed by atoms with Gasteiger partial charge in [-0.15, -0.1) is 0 Å². The zero-order chi connectivity index (χ0) is 17.6. The van der Waals surface area contributed by atoms with E-state index < -0.39 is 5.91 Å². The van der Waals surface area contributed by atoms with Crippen LogP contribution in [0.3, 0.4) is 0 Å². The second kappa shape index (κ2) is 7.85. The van der Waals surface area contributed by atoms with Crippen molar-refractivity contribution in [3.05, 3.63) is 59.7 Å². The first-order valence-corrected chi connectivity index (χ1v) is 8.16. The molecule has 7 heteroatoms. The highest BCUT2D eigenvalue weighted by molar-refractivity contribution is 5.94. The lowest BCUT2D eigenvalue weighted by Crippen LogP contribution is -2.36. The summed E-state index contributed by atoms with van der Waals surface area (Å²) in [6, 6.07) is 10.8. The molecule has 2 heterocycles. The van der Waals surface area contributed by atoms with Crippen molar-refractivity contribution in [2.75, 3.05) is 26.3 Å². The number of hydrogen-bond donors (Lipinski definition) is 1. The van der Waals surface area contributed by atoms with Crippen molar-refractivity contribution in [3.8, 4) is 0 Å². The molecule has 0 radical (unpaired) electrons. The summed E-state index contributed by atoms with van der Waals surface area (Å²) in [7, 11) is 0. The molecule has 3 rings (SSSR count). The molecule has 0 bridgehead atoms. The largest absolute Gasteiger partial charge is 0.379 e. The normalized spacial score (nSPS) is 17.8. The molecule has 1 aromatic carbocycles. The average molecular weight is 340 g/mol. The van der Waals surface area contributed by atoms with Crippen LogP contribution in [0.25, 0.3) is 0 Å². The number of nitrogens with two attached hydrogens (primary N) is 1. The van der Waals surface area contributed by atoms with Gasteiger partial charge in [0, 0.05) is 30.3 Å². The molecule has 1 fully saturated rings. The minimum Gasteiger partial charge on any atom is -0.379 e. The van der Waals surface area contributed by atoms with Crippen molar-refractivity contribution >= 4 is 11.8 Å². The number of rotatable bonds is 4. The minimum atomic E-state index is -0.582. The molecular weight excluding hydrogens is 320 g/mol. The Kier molecular flexibility index (Phi) is 5.35. The average Bonchev–Trinajstić information content (AvgIpc) is 2.87. The summed E-state index contributed by atoms with van der Waals surface area (Å²) >= 11 is 0. The van der Waals surface area contributed by atoms with Crippen LogP contribution in [0.5, 0.6) is 0 Å². The molecule has 7 nitrogen and oxygen atoms in total. The highest BCUT2D eigenvalue weighted by Gasteiger charge is 2.24. The summed E-state index contributed by atoms with van der Waals surface area (Å²) in [5, 5.41) is 0. The zero-order valence-electron chi connectivity index (χ0n) is 13.8.